The Morgan fingerprint density at radius 1 is 0.762 bits per heavy atom. The van der Waals surface area contributed by atoms with Crippen LogP contribution in [0.3, 0.4) is 0 Å². The van der Waals surface area contributed by atoms with Gasteiger partial charge in [-0.1, -0.05) is 50.5 Å². The van der Waals surface area contributed by atoms with E-state index in [-0.39, 0.29) is 49.9 Å². The highest BCUT2D eigenvalue weighted by molar-refractivity contribution is 14.1. The number of rotatable bonds is 18. The van der Waals surface area contributed by atoms with Gasteiger partial charge in [-0.25, -0.2) is 9.59 Å². The molecule has 4 aliphatic rings. The van der Waals surface area contributed by atoms with Crippen LogP contribution in [0.25, 0.3) is 0 Å². The van der Waals surface area contributed by atoms with Crippen molar-refractivity contribution in [3.63, 3.8) is 0 Å². The van der Waals surface area contributed by atoms with Crippen LogP contribution in [0.5, 0.6) is 0 Å². The highest BCUT2D eigenvalue weighted by Crippen LogP contribution is 2.47. The van der Waals surface area contributed by atoms with Crippen molar-refractivity contribution in [2.24, 2.45) is 0 Å². The summed E-state index contributed by atoms with van der Waals surface area (Å²) in [4.78, 5) is 84.8. The lowest BCUT2D eigenvalue weighted by molar-refractivity contribution is -0.401. The first kappa shape index (κ1) is 49.4. The van der Waals surface area contributed by atoms with Gasteiger partial charge in [0.15, 0.2) is 5.71 Å². The van der Waals surface area contributed by atoms with Crippen LogP contribution in [-0.4, -0.2) is 70.1 Å². The molecule has 334 valence electrons. The molecule has 0 radical (unpaired) electrons. The molecule has 4 amide bonds. The van der Waals surface area contributed by atoms with Crippen LogP contribution in [-0.2, 0) is 43.9 Å². The van der Waals surface area contributed by atoms with E-state index in [9.17, 15) is 28.8 Å². The number of hydrogen-bond donors (Lipinski definition) is 0. The zero-order chi connectivity index (χ0) is 45.6. The van der Waals surface area contributed by atoms with Gasteiger partial charge in [0.25, 0.3) is 23.6 Å². The maximum Gasteiger partial charge on any atom is 0.333 e. The molecular weight excluding hydrogens is 1260 g/mol. The molecule has 4 aliphatic heterocycles. The lowest BCUT2D eigenvalue weighted by atomic mass is 9.75. The summed E-state index contributed by atoms with van der Waals surface area (Å²) in [5, 5.41) is 1.22. The number of allylic oxidation sites excluding steroid dienone is 8. The van der Waals surface area contributed by atoms with Gasteiger partial charge < -0.3 is 14.6 Å². The summed E-state index contributed by atoms with van der Waals surface area (Å²) >= 11 is 9.63. The van der Waals surface area contributed by atoms with E-state index in [0.717, 1.165) is 47.7 Å². The number of benzene rings is 2. The molecule has 16 heteroatoms. The Kier molecular flexibility index (Phi) is 17.3. The minimum Gasteiger partial charge on any atom is -0.347 e. The fourth-order valence-electron chi connectivity index (χ4n) is 8.71. The predicted molar refractivity (Wildman–Crippen MR) is 274 cm³/mol. The van der Waals surface area contributed by atoms with Gasteiger partial charge in [-0.2, -0.15) is 4.58 Å². The Morgan fingerprint density at radius 3 is 1.90 bits per heavy atom. The first-order valence-electron chi connectivity index (χ1n) is 21.2. The smallest absolute Gasteiger partial charge is 0.333 e. The Labute approximate surface area is 423 Å². The average molecular weight is 1310 g/mol. The minimum absolute atomic E-state index is 0.0686. The third kappa shape index (κ3) is 11.7. The van der Waals surface area contributed by atoms with Crippen molar-refractivity contribution in [3.05, 3.63) is 97.4 Å². The summed E-state index contributed by atoms with van der Waals surface area (Å²) in [5.41, 5.74) is 8.26. The first-order valence-corrected chi connectivity index (χ1v) is 25.5. The summed E-state index contributed by atoms with van der Waals surface area (Å²) in [6.45, 7) is 4.54. The molecule has 0 saturated carbocycles. The average Bonchev–Trinajstić information content (AvgIpc) is 3.86. The maximum absolute atomic E-state index is 12.4. The van der Waals surface area contributed by atoms with E-state index in [1.807, 2.05) is 0 Å². The topological polar surface area (TPSA) is 134 Å². The quantitative estimate of drug-likeness (QED) is 0.0470. The van der Waals surface area contributed by atoms with Gasteiger partial charge in [0, 0.05) is 89.3 Å². The molecule has 0 aromatic heterocycles. The predicted octanol–water partition coefficient (Wildman–Crippen LogP) is 10.4. The lowest BCUT2D eigenvalue weighted by Gasteiger charge is -2.23. The van der Waals surface area contributed by atoms with Crippen LogP contribution in [0.2, 0.25) is 0 Å². The molecule has 0 spiro atoms. The van der Waals surface area contributed by atoms with Crippen molar-refractivity contribution in [2.45, 2.75) is 115 Å². The van der Waals surface area contributed by atoms with Crippen molar-refractivity contribution in [2.75, 3.05) is 19.0 Å². The van der Waals surface area contributed by atoms with Crippen LogP contribution >= 0.6 is 90.4 Å². The highest BCUT2D eigenvalue weighted by Gasteiger charge is 2.47. The molecule has 4 heterocycles. The lowest BCUT2D eigenvalue weighted by Crippen LogP contribution is -2.32. The number of hydrogen-bond acceptors (Lipinski definition) is 9. The van der Waals surface area contributed by atoms with E-state index in [4.69, 9.17) is 9.68 Å². The number of nitrogens with zero attached hydrogens (tertiary/aromatic N) is 4. The number of carbonyl (C=O) groups is 6. The van der Waals surface area contributed by atoms with E-state index in [1.165, 1.54) is 44.6 Å². The molecule has 2 aromatic carbocycles. The normalized spacial score (nSPS) is 20.8. The summed E-state index contributed by atoms with van der Waals surface area (Å²) in [5.74, 6) is -2.81. The van der Waals surface area contributed by atoms with Crippen LogP contribution < -0.4 is 4.90 Å². The van der Waals surface area contributed by atoms with E-state index < -0.39 is 35.6 Å². The number of likely N-dealkylation sites (N-methyl/N-ethyl adjacent to an activating group) is 1. The number of carbonyl (C=O) groups excluding carboxylic acids is 6. The monoisotopic (exact) mass is 1310 g/mol. The third-order valence-corrected chi connectivity index (χ3v) is 15.0. The number of imide groups is 2. The van der Waals surface area contributed by atoms with E-state index in [1.54, 1.807) is 0 Å². The number of hydroxylamine groups is 4. The number of anilines is 1. The van der Waals surface area contributed by atoms with Gasteiger partial charge in [-0.05, 0) is 165 Å². The molecule has 0 bridgehead atoms. The largest absolute Gasteiger partial charge is 0.347 e. The summed E-state index contributed by atoms with van der Waals surface area (Å²) < 4.78 is 7.11. The van der Waals surface area contributed by atoms with Crippen molar-refractivity contribution in [1.82, 2.24) is 10.1 Å². The zero-order valence-electron chi connectivity index (χ0n) is 35.8. The number of amides is 4. The molecule has 2 saturated heterocycles. The molecule has 2 fully saturated rings. The molecule has 0 N–H and O–H groups in total. The van der Waals surface area contributed by atoms with Crippen LogP contribution in [0.1, 0.15) is 121 Å². The third-order valence-electron chi connectivity index (χ3n) is 12.0. The molecule has 2 aromatic rings. The second-order valence-corrected chi connectivity index (χ2v) is 21.2. The molecule has 6 rings (SSSR count). The first-order chi connectivity index (χ1) is 30.0. The van der Waals surface area contributed by atoms with Crippen molar-refractivity contribution >= 4 is 143 Å². The van der Waals surface area contributed by atoms with E-state index in [0.29, 0.717) is 23.0 Å². The molecule has 12 nitrogen and oxygen atoms in total. The fraction of sp³-hybridized carbons (Fsp3) is 0.426. The van der Waals surface area contributed by atoms with Crippen molar-refractivity contribution < 1.29 is 43.0 Å². The van der Waals surface area contributed by atoms with Gasteiger partial charge >= 0.3 is 11.9 Å². The van der Waals surface area contributed by atoms with Gasteiger partial charge in [0.2, 0.25) is 5.69 Å². The van der Waals surface area contributed by atoms with Crippen LogP contribution in [0.4, 0.5) is 11.4 Å². The Hall–Kier alpha value is -2.99. The molecule has 2 unspecified atom stereocenters. The second-order valence-electron chi connectivity index (χ2n) is 16.4. The van der Waals surface area contributed by atoms with Gasteiger partial charge in [-0.3, -0.25) is 19.2 Å². The fourth-order valence-corrected chi connectivity index (χ4v) is 13.4. The Morgan fingerprint density at radius 2 is 1.30 bits per heavy atom. The van der Waals surface area contributed by atoms with Crippen LogP contribution in [0, 0.1) is 14.3 Å². The van der Waals surface area contributed by atoms with E-state index in [2.05, 4.69) is 189 Å². The van der Waals surface area contributed by atoms with E-state index >= 15 is 0 Å². The molecule has 2 atom stereocenters. The molecule has 0 aliphatic carbocycles. The Balaban J connectivity index is 1.15. The highest BCUT2D eigenvalue weighted by atomic mass is 127. The minimum atomic E-state index is -0.575. The summed E-state index contributed by atoms with van der Waals surface area (Å²) in [6.07, 6.45) is 19.5. The van der Waals surface area contributed by atoms with Crippen LogP contribution in [0.15, 0.2) is 72.0 Å². The van der Waals surface area contributed by atoms with Gasteiger partial charge in [0.1, 0.15) is 7.05 Å². The number of unbranched alkanes of at least 4 members (excludes halogenated alkanes) is 4. The van der Waals surface area contributed by atoms with Crippen molar-refractivity contribution in [3.8, 4) is 0 Å². The zero-order valence-corrected chi connectivity index (χ0v) is 44.4. The summed E-state index contributed by atoms with van der Waals surface area (Å²) in [7, 11) is 4.24. The second kappa shape index (κ2) is 22.0. The molecular formula is C47H51I4N4O8+. The van der Waals surface area contributed by atoms with Crippen molar-refractivity contribution in [1.29, 1.82) is 0 Å². The standard InChI is InChI=1S/C47H51I4N4O8/c1-29-35(52(3)36-27-31(48)25-33(50)45(29)36)19-18-30(13-7-5-8-16-43(60)62-54-39(56)20-21-40(54)57)14-10-11-15-38-47(2,46-34(51)26-32(49)28-37(46)53(38)4)24-12-6-9-17-44(61)63-55-41(58)22-23-42(55)59/h10-11,14-15,18-19,25-29H,5-9,12-13,16-17,20-24H2,1-4H3/q+1. The van der Waals surface area contributed by atoms with Gasteiger partial charge in [0.05, 0.1) is 11.0 Å². The maximum atomic E-state index is 12.4. The SMILES string of the molecule is CC1C(=CC=C(C=CC=CC2=[N+](C)c3cc(I)cc(I)c3C2(C)CCCCCC(=O)ON2C(=O)CCC2=O)CCCCCC(=O)ON2C(=O)CCC2=O)N(C)c2cc(I)cc(I)c21. The number of fused-ring (bicyclic) bond motifs is 2. The summed E-state index contributed by atoms with van der Waals surface area (Å²) in [6, 6.07) is 8.89. The number of halogens is 4. The Bertz CT molecular complexity index is 2340. The van der Waals surface area contributed by atoms with Gasteiger partial charge in [-0.15, -0.1) is 10.1 Å². The molecule has 63 heavy (non-hydrogen) atoms.